The van der Waals surface area contributed by atoms with Gasteiger partial charge in [0.15, 0.2) is 5.06 Å². The van der Waals surface area contributed by atoms with Gasteiger partial charge < -0.3 is 14.6 Å². The number of aromatic nitrogens is 2. The van der Waals surface area contributed by atoms with Gasteiger partial charge in [-0.3, -0.25) is 4.68 Å². The number of nitrogens with zero attached hydrogens (tertiary/aromatic N) is 2. The van der Waals surface area contributed by atoms with E-state index in [9.17, 15) is 9.90 Å². The second-order valence-electron chi connectivity index (χ2n) is 6.03. The second kappa shape index (κ2) is 6.49. The predicted octanol–water partition coefficient (Wildman–Crippen LogP) is 3.92. The van der Waals surface area contributed by atoms with Crippen LogP contribution in [0.1, 0.15) is 27.7 Å². The van der Waals surface area contributed by atoms with E-state index in [4.69, 9.17) is 9.47 Å². The highest BCUT2D eigenvalue weighted by atomic mass is 32.1. The number of phenols is 1. The zero-order valence-corrected chi connectivity index (χ0v) is 15.3. The molecule has 2 heterocycles. The quantitative estimate of drug-likeness (QED) is 0.705. The van der Waals surface area contributed by atoms with E-state index in [-0.39, 0.29) is 11.7 Å². The number of carbonyl (C=O) groups excluding carboxylic acids is 1. The van der Waals surface area contributed by atoms with Gasteiger partial charge in [0.05, 0.1) is 24.1 Å². The molecule has 0 unspecified atom stereocenters. The number of benzene rings is 1. The molecule has 0 saturated carbocycles. The first-order chi connectivity index (χ1) is 12.6. The van der Waals surface area contributed by atoms with Crippen LogP contribution in [0.15, 0.2) is 30.5 Å². The molecule has 26 heavy (non-hydrogen) atoms. The van der Waals surface area contributed by atoms with E-state index in [0.717, 1.165) is 35.2 Å². The van der Waals surface area contributed by atoms with Crippen LogP contribution in [0.4, 0.5) is 0 Å². The van der Waals surface area contributed by atoms with Crippen LogP contribution in [-0.2, 0) is 24.6 Å². The highest BCUT2D eigenvalue weighted by Gasteiger charge is 2.32. The molecule has 2 aromatic heterocycles. The van der Waals surface area contributed by atoms with E-state index in [1.807, 2.05) is 17.9 Å². The average molecular weight is 370 g/mol. The Morgan fingerprint density at radius 1 is 1.31 bits per heavy atom. The Balaban J connectivity index is 1.84. The molecule has 7 heteroatoms. The standard InChI is InChI=1S/C19H18N2O4S/c1-3-24-18(23)17-14-9-4-11-10-20-21(2)16(11)15(14)19(26-17)25-13-7-5-12(22)6-8-13/h5-8,10,22H,3-4,9H2,1-2H3. The molecule has 0 saturated heterocycles. The van der Waals surface area contributed by atoms with E-state index in [1.165, 1.54) is 11.3 Å². The number of phenolic OH excluding ortho intramolecular Hbond substituents is 1. The van der Waals surface area contributed by atoms with Crippen LogP contribution in [0.5, 0.6) is 16.6 Å². The molecule has 0 aliphatic heterocycles. The lowest BCUT2D eigenvalue weighted by Gasteiger charge is -2.16. The fourth-order valence-electron chi connectivity index (χ4n) is 3.22. The fraction of sp³-hybridized carbons (Fsp3) is 0.263. The number of esters is 1. The Morgan fingerprint density at radius 2 is 2.08 bits per heavy atom. The maximum absolute atomic E-state index is 12.4. The Hall–Kier alpha value is -2.80. The third kappa shape index (κ3) is 2.74. The number of hydrogen-bond donors (Lipinski definition) is 1. The summed E-state index contributed by atoms with van der Waals surface area (Å²) in [6.45, 7) is 2.13. The lowest BCUT2D eigenvalue weighted by Crippen LogP contribution is -2.10. The molecule has 0 atom stereocenters. The van der Waals surface area contributed by atoms with Crippen molar-refractivity contribution in [3.05, 3.63) is 46.5 Å². The van der Waals surface area contributed by atoms with Crippen molar-refractivity contribution in [3.63, 3.8) is 0 Å². The minimum absolute atomic E-state index is 0.173. The first-order valence-electron chi connectivity index (χ1n) is 8.39. The fourth-order valence-corrected chi connectivity index (χ4v) is 4.34. The minimum atomic E-state index is -0.320. The van der Waals surface area contributed by atoms with Gasteiger partial charge in [-0.25, -0.2) is 4.79 Å². The molecule has 4 rings (SSSR count). The lowest BCUT2D eigenvalue weighted by atomic mass is 9.91. The normalized spacial score (nSPS) is 12.4. The van der Waals surface area contributed by atoms with Gasteiger partial charge in [0.1, 0.15) is 16.4 Å². The lowest BCUT2D eigenvalue weighted by molar-refractivity contribution is 0.0531. The molecule has 134 valence electrons. The van der Waals surface area contributed by atoms with Crippen LogP contribution in [0, 0.1) is 0 Å². The van der Waals surface area contributed by atoms with Gasteiger partial charge in [0.2, 0.25) is 0 Å². The van der Waals surface area contributed by atoms with E-state index in [0.29, 0.717) is 22.3 Å². The molecule has 1 aliphatic rings. The summed E-state index contributed by atoms with van der Waals surface area (Å²) in [5, 5.41) is 14.5. The van der Waals surface area contributed by atoms with Crippen molar-refractivity contribution < 1.29 is 19.4 Å². The van der Waals surface area contributed by atoms with Gasteiger partial charge in [-0.2, -0.15) is 5.10 Å². The molecule has 1 aromatic carbocycles. The zero-order valence-electron chi connectivity index (χ0n) is 14.5. The summed E-state index contributed by atoms with van der Waals surface area (Å²) in [4.78, 5) is 13.0. The average Bonchev–Trinajstić information content (AvgIpc) is 3.18. The minimum Gasteiger partial charge on any atom is -0.508 e. The number of hydrogen-bond acceptors (Lipinski definition) is 6. The first kappa shape index (κ1) is 16.7. The summed E-state index contributed by atoms with van der Waals surface area (Å²) in [6, 6.07) is 6.52. The number of aryl methyl sites for hydroxylation is 2. The maximum Gasteiger partial charge on any atom is 0.348 e. The number of carbonyl (C=O) groups is 1. The highest BCUT2D eigenvalue weighted by Crippen LogP contribution is 2.48. The Bertz CT molecular complexity index is 972. The summed E-state index contributed by atoms with van der Waals surface area (Å²) in [5.41, 5.74) is 3.99. The number of ether oxygens (including phenoxy) is 2. The molecule has 6 nitrogen and oxygen atoms in total. The number of thiophene rings is 1. The van der Waals surface area contributed by atoms with Gasteiger partial charge in [-0.05, 0) is 55.2 Å². The summed E-state index contributed by atoms with van der Waals surface area (Å²) in [7, 11) is 1.89. The smallest absolute Gasteiger partial charge is 0.348 e. The van der Waals surface area contributed by atoms with E-state index in [2.05, 4.69) is 5.10 Å². The van der Waals surface area contributed by atoms with Gasteiger partial charge in [0, 0.05) is 7.05 Å². The SMILES string of the molecule is CCOC(=O)c1sc(Oc2ccc(O)cc2)c2c1CCc1cnn(C)c1-2. The number of aromatic hydroxyl groups is 1. The van der Waals surface area contributed by atoms with E-state index in [1.54, 1.807) is 31.2 Å². The predicted molar refractivity (Wildman–Crippen MR) is 98.1 cm³/mol. The van der Waals surface area contributed by atoms with Gasteiger partial charge in [-0.1, -0.05) is 11.3 Å². The molecule has 0 bridgehead atoms. The topological polar surface area (TPSA) is 73.6 Å². The monoisotopic (exact) mass is 370 g/mol. The molecule has 3 aromatic rings. The molecule has 0 spiro atoms. The molecule has 0 radical (unpaired) electrons. The number of fused-ring (bicyclic) bond motifs is 3. The van der Waals surface area contributed by atoms with Crippen molar-refractivity contribution in [2.45, 2.75) is 19.8 Å². The molecule has 1 aliphatic carbocycles. The summed E-state index contributed by atoms with van der Waals surface area (Å²) < 4.78 is 13.1. The second-order valence-corrected chi connectivity index (χ2v) is 7.01. The summed E-state index contributed by atoms with van der Waals surface area (Å²) in [5.74, 6) is 0.447. The van der Waals surface area contributed by atoms with Crippen molar-refractivity contribution in [1.82, 2.24) is 9.78 Å². The first-order valence-corrected chi connectivity index (χ1v) is 9.21. The largest absolute Gasteiger partial charge is 0.508 e. The van der Waals surface area contributed by atoms with Crippen molar-refractivity contribution >= 4 is 17.3 Å². The zero-order chi connectivity index (χ0) is 18.3. The summed E-state index contributed by atoms with van der Waals surface area (Å²) >= 11 is 1.30. The number of rotatable bonds is 4. The molecular weight excluding hydrogens is 352 g/mol. The molecule has 0 amide bonds. The van der Waals surface area contributed by atoms with Gasteiger partial charge in [-0.15, -0.1) is 0 Å². The van der Waals surface area contributed by atoms with Crippen molar-refractivity contribution in [3.8, 4) is 27.8 Å². The summed E-state index contributed by atoms with van der Waals surface area (Å²) in [6.07, 6.45) is 3.44. The Kier molecular flexibility index (Phi) is 4.16. The van der Waals surface area contributed by atoms with Crippen LogP contribution >= 0.6 is 11.3 Å². The van der Waals surface area contributed by atoms with Crippen LogP contribution in [0.3, 0.4) is 0 Å². The van der Waals surface area contributed by atoms with Crippen molar-refractivity contribution in [2.75, 3.05) is 6.61 Å². The Labute approximate surface area is 154 Å². The maximum atomic E-state index is 12.4. The molecule has 1 N–H and O–H groups in total. The van der Waals surface area contributed by atoms with Gasteiger partial charge >= 0.3 is 5.97 Å². The van der Waals surface area contributed by atoms with Gasteiger partial charge in [0.25, 0.3) is 0 Å². The highest BCUT2D eigenvalue weighted by molar-refractivity contribution is 7.16. The van der Waals surface area contributed by atoms with Crippen LogP contribution in [0.2, 0.25) is 0 Å². The van der Waals surface area contributed by atoms with Crippen LogP contribution in [0.25, 0.3) is 11.3 Å². The third-order valence-electron chi connectivity index (χ3n) is 4.38. The molecule has 0 fully saturated rings. The third-order valence-corrected chi connectivity index (χ3v) is 5.47. The van der Waals surface area contributed by atoms with E-state index < -0.39 is 0 Å². The Morgan fingerprint density at radius 3 is 2.81 bits per heavy atom. The van der Waals surface area contributed by atoms with Crippen LogP contribution in [-0.4, -0.2) is 27.5 Å². The van der Waals surface area contributed by atoms with Crippen LogP contribution < -0.4 is 4.74 Å². The van der Waals surface area contributed by atoms with E-state index >= 15 is 0 Å². The van der Waals surface area contributed by atoms with Crippen molar-refractivity contribution in [2.24, 2.45) is 7.05 Å². The van der Waals surface area contributed by atoms with Crippen molar-refractivity contribution in [1.29, 1.82) is 0 Å². The molecular formula is C19H18N2O4S.